The van der Waals surface area contributed by atoms with E-state index in [1.54, 1.807) is 12.1 Å². The number of halogens is 1. The molecule has 116 valence electrons. The van der Waals surface area contributed by atoms with Crippen LogP contribution in [0, 0.1) is 0 Å². The maximum Gasteiger partial charge on any atom is 0.258 e. The van der Waals surface area contributed by atoms with Gasteiger partial charge in [-0.05, 0) is 37.5 Å². The topological polar surface area (TPSA) is 73.6 Å². The lowest BCUT2D eigenvalue weighted by Gasteiger charge is -2.23. The first kappa shape index (κ1) is 16.1. The number of benzene rings is 1. The van der Waals surface area contributed by atoms with Crippen LogP contribution in [-0.2, 0) is 9.53 Å². The molecular weight excluding hydrogens is 292 g/mol. The Labute approximate surface area is 129 Å². The van der Waals surface area contributed by atoms with Gasteiger partial charge in [0, 0.05) is 25.3 Å². The molecule has 2 rings (SSSR count). The van der Waals surface area contributed by atoms with Gasteiger partial charge in [-0.3, -0.25) is 4.79 Å². The van der Waals surface area contributed by atoms with Crippen LogP contribution in [0.25, 0.3) is 0 Å². The molecule has 0 spiro atoms. The average molecular weight is 313 g/mol. The van der Waals surface area contributed by atoms with Gasteiger partial charge in [0.15, 0.2) is 6.61 Å². The van der Waals surface area contributed by atoms with E-state index in [1.165, 1.54) is 0 Å². The number of amides is 1. The lowest BCUT2D eigenvalue weighted by atomic mass is 10.1. The van der Waals surface area contributed by atoms with Crippen LogP contribution < -0.4 is 15.8 Å². The van der Waals surface area contributed by atoms with Crippen molar-refractivity contribution in [1.29, 1.82) is 0 Å². The lowest BCUT2D eigenvalue weighted by molar-refractivity contribution is -0.124. The molecule has 1 atom stereocenters. The molecule has 1 unspecified atom stereocenters. The number of hydrogen-bond acceptors (Lipinski definition) is 4. The maximum absolute atomic E-state index is 11.8. The van der Waals surface area contributed by atoms with E-state index in [9.17, 15) is 4.79 Å². The van der Waals surface area contributed by atoms with E-state index in [2.05, 4.69) is 5.32 Å². The fourth-order valence-corrected chi connectivity index (χ4v) is 2.42. The zero-order valence-electron chi connectivity index (χ0n) is 12.1. The van der Waals surface area contributed by atoms with E-state index < -0.39 is 0 Å². The van der Waals surface area contributed by atoms with Crippen LogP contribution in [0.15, 0.2) is 18.2 Å². The molecule has 21 heavy (non-hydrogen) atoms. The van der Waals surface area contributed by atoms with Gasteiger partial charge in [-0.25, -0.2) is 0 Å². The molecule has 1 aliphatic heterocycles. The summed E-state index contributed by atoms with van der Waals surface area (Å²) in [5, 5.41) is 3.39. The van der Waals surface area contributed by atoms with Crippen molar-refractivity contribution in [2.45, 2.75) is 31.8 Å². The van der Waals surface area contributed by atoms with Crippen molar-refractivity contribution in [3.8, 4) is 5.75 Å². The summed E-state index contributed by atoms with van der Waals surface area (Å²) in [6.07, 6.45) is 1.69. The van der Waals surface area contributed by atoms with Gasteiger partial charge < -0.3 is 20.5 Å². The van der Waals surface area contributed by atoms with Crippen LogP contribution in [0.2, 0.25) is 5.02 Å². The number of carbonyl (C=O) groups excluding carboxylic acids is 1. The van der Waals surface area contributed by atoms with Crippen LogP contribution in [0.5, 0.6) is 5.75 Å². The van der Waals surface area contributed by atoms with Crippen molar-refractivity contribution >= 4 is 17.5 Å². The van der Waals surface area contributed by atoms with Crippen LogP contribution in [-0.4, -0.2) is 31.8 Å². The molecule has 3 N–H and O–H groups in total. The second-order valence-corrected chi connectivity index (χ2v) is 5.63. The van der Waals surface area contributed by atoms with Crippen LogP contribution >= 0.6 is 11.6 Å². The van der Waals surface area contributed by atoms with E-state index in [0.29, 0.717) is 24.0 Å². The second-order valence-electron chi connectivity index (χ2n) is 5.22. The highest BCUT2D eigenvalue weighted by molar-refractivity contribution is 6.32. The molecular formula is C15H21ClN2O3. The van der Waals surface area contributed by atoms with Gasteiger partial charge in [0.25, 0.3) is 5.91 Å². The van der Waals surface area contributed by atoms with Crippen molar-refractivity contribution in [3.05, 3.63) is 28.8 Å². The van der Waals surface area contributed by atoms with E-state index in [-0.39, 0.29) is 24.6 Å². The SMILES string of the molecule is CC(N)c1ccc(OCC(=O)NC2CCOCC2)c(Cl)c1. The first-order valence-corrected chi connectivity index (χ1v) is 7.49. The Morgan fingerprint density at radius 1 is 1.52 bits per heavy atom. The van der Waals surface area contributed by atoms with E-state index in [1.807, 2.05) is 13.0 Å². The largest absolute Gasteiger partial charge is 0.482 e. The zero-order chi connectivity index (χ0) is 15.2. The van der Waals surface area contributed by atoms with Gasteiger partial charge in [0.05, 0.1) is 5.02 Å². The molecule has 1 aromatic rings. The third kappa shape index (κ3) is 4.88. The number of carbonyl (C=O) groups is 1. The minimum atomic E-state index is -0.144. The molecule has 0 radical (unpaired) electrons. The molecule has 1 aromatic carbocycles. The fourth-order valence-electron chi connectivity index (χ4n) is 2.17. The number of ether oxygens (including phenoxy) is 2. The highest BCUT2D eigenvalue weighted by Gasteiger charge is 2.16. The molecule has 1 amide bonds. The van der Waals surface area contributed by atoms with Crippen molar-refractivity contribution < 1.29 is 14.3 Å². The lowest BCUT2D eigenvalue weighted by Crippen LogP contribution is -2.41. The molecule has 1 fully saturated rings. The maximum atomic E-state index is 11.8. The molecule has 1 aliphatic rings. The van der Waals surface area contributed by atoms with Gasteiger partial charge in [-0.1, -0.05) is 17.7 Å². The van der Waals surface area contributed by atoms with Gasteiger partial charge in [0.2, 0.25) is 0 Å². The number of hydrogen-bond donors (Lipinski definition) is 2. The summed E-state index contributed by atoms with van der Waals surface area (Å²) in [4.78, 5) is 11.8. The van der Waals surface area contributed by atoms with E-state index >= 15 is 0 Å². The predicted octanol–water partition coefficient (Wildman–Crippen LogP) is 2.03. The summed E-state index contributed by atoms with van der Waals surface area (Å²) in [6.45, 7) is 3.22. The van der Waals surface area contributed by atoms with Crippen molar-refractivity contribution in [2.24, 2.45) is 5.73 Å². The Bertz CT molecular complexity index is 488. The highest BCUT2D eigenvalue weighted by Crippen LogP contribution is 2.27. The molecule has 5 nitrogen and oxygen atoms in total. The highest BCUT2D eigenvalue weighted by atomic mass is 35.5. The molecule has 1 saturated heterocycles. The third-order valence-electron chi connectivity index (χ3n) is 3.43. The number of nitrogens with two attached hydrogens (primary N) is 1. The quantitative estimate of drug-likeness (QED) is 0.872. The standard InChI is InChI=1S/C15H21ClN2O3/c1-10(17)11-2-3-14(13(16)8-11)21-9-15(19)18-12-4-6-20-7-5-12/h2-3,8,10,12H,4-7,9,17H2,1H3,(H,18,19). The van der Waals surface area contributed by atoms with Gasteiger partial charge >= 0.3 is 0 Å². The molecule has 6 heteroatoms. The first-order valence-electron chi connectivity index (χ1n) is 7.11. The summed E-state index contributed by atoms with van der Waals surface area (Å²) in [6, 6.07) is 5.43. The Kier molecular flexibility index (Phi) is 5.85. The molecule has 1 heterocycles. The smallest absolute Gasteiger partial charge is 0.258 e. The predicted molar refractivity (Wildman–Crippen MR) is 81.5 cm³/mol. The van der Waals surface area contributed by atoms with Crippen molar-refractivity contribution in [2.75, 3.05) is 19.8 Å². The number of nitrogens with one attached hydrogen (secondary N) is 1. The van der Waals surface area contributed by atoms with Crippen LogP contribution in [0.3, 0.4) is 0 Å². The summed E-state index contributed by atoms with van der Waals surface area (Å²) in [7, 11) is 0. The van der Waals surface area contributed by atoms with Crippen LogP contribution in [0.1, 0.15) is 31.4 Å². The molecule has 0 aromatic heterocycles. The molecule has 0 aliphatic carbocycles. The Morgan fingerprint density at radius 2 is 2.24 bits per heavy atom. The summed E-state index contributed by atoms with van der Waals surface area (Å²) < 4.78 is 10.7. The Balaban J connectivity index is 1.83. The second kappa shape index (κ2) is 7.64. The third-order valence-corrected chi connectivity index (χ3v) is 3.72. The molecule has 0 saturated carbocycles. The minimum absolute atomic E-state index is 0.0470. The van der Waals surface area contributed by atoms with Crippen molar-refractivity contribution in [3.63, 3.8) is 0 Å². The average Bonchev–Trinajstić information content (AvgIpc) is 2.47. The van der Waals surface area contributed by atoms with Crippen molar-refractivity contribution in [1.82, 2.24) is 5.32 Å². The van der Waals surface area contributed by atoms with E-state index in [4.69, 9.17) is 26.8 Å². The fraction of sp³-hybridized carbons (Fsp3) is 0.533. The molecule has 0 bridgehead atoms. The van der Waals surface area contributed by atoms with E-state index in [0.717, 1.165) is 18.4 Å². The first-order chi connectivity index (χ1) is 10.1. The Morgan fingerprint density at radius 3 is 2.86 bits per heavy atom. The summed E-state index contributed by atoms with van der Waals surface area (Å²) in [5.74, 6) is 0.345. The monoisotopic (exact) mass is 312 g/mol. The normalized spacial score (nSPS) is 17.3. The van der Waals surface area contributed by atoms with Crippen LogP contribution in [0.4, 0.5) is 0 Å². The summed E-state index contributed by atoms with van der Waals surface area (Å²) in [5.41, 5.74) is 6.71. The van der Waals surface area contributed by atoms with Gasteiger partial charge in [-0.2, -0.15) is 0 Å². The Hall–Kier alpha value is -1.30. The van der Waals surface area contributed by atoms with Gasteiger partial charge in [-0.15, -0.1) is 0 Å². The summed E-state index contributed by atoms with van der Waals surface area (Å²) >= 11 is 6.12. The number of rotatable bonds is 5. The minimum Gasteiger partial charge on any atom is -0.482 e. The zero-order valence-corrected chi connectivity index (χ0v) is 12.9. The van der Waals surface area contributed by atoms with Gasteiger partial charge in [0.1, 0.15) is 5.75 Å².